The minimum atomic E-state index is -3.04. The predicted octanol–water partition coefficient (Wildman–Crippen LogP) is 6.45. The number of halogens is 1. The second-order valence-corrected chi connectivity index (χ2v) is 24.2. The summed E-state index contributed by atoms with van der Waals surface area (Å²) in [6, 6.07) is 23.7. The van der Waals surface area contributed by atoms with Gasteiger partial charge in [-0.2, -0.15) is 25.2 Å². The summed E-state index contributed by atoms with van der Waals surface area (Å²) in [7, 11) is -1.13. The highest BCUT2D eigenvalue weighted by molar-refractivity contribution is 7.16. The molecule has 1 unspecified atom stereocenters. The number of hydrogen-bond acceptors (Lipinski definition) is 14. The molecule has 62 heavy (non-hydrogen) atoms. The number of benzene rings is 2. The first-order valence-electron chi connectivity index (χ1n) is 21.8. The zero-order valence-corrected chi connectivity index (χ0v) is 38.3. The van der Waals surface area contributed by atoms with Crippen molar-refractivity contribution in [2.45, 2.75) is 108 Å². The molecule has 2 aliphatic heterocycles. The van der Waals surface area contributed by atoms with Gasteiger partial charge >= 0.3 is 6.01 Å². The Morgan fingerprint density at radius 2 is 1.74 bits per heavy atom. The van der Waals surface area contributed by atoms with E-state index in [1.807, 2.05) is 25.8 Å². The number of rotatable bonds is 11. The molecule has 2 aromatic carbocycles. The lowest BCUT2D eigenvalue weighted by Gasteiger charge is -2.50. The van der Waals surface area contributed by atoms with E-state index in [-0.39, 0.29) is 34.7 Å². The molecular weight excluding hydrogens is 822 g/mol. The summed E-state index contributed by atoms with van der Waals surface area (Å²) in [5, 5.41) is 17.2. The van der Waals surface area contributed by atoms with E-state index in [1.165, 1.54) is 21.7 Å². The average Bonchev–Trinajstić information content (AvgIpc) is 3.83. The Hall–Kier alpha value is -4.79. The SMILES string of the molecule is C[C@H](Oc1nc(-c2noc([C@@]3(C)CCCc4sc(N)c(C#N)c43)n2)nc(N2CCOCC(O[Si](c3ccccc3)(c3ccccc3)C(C)(C)C)(C3CC3)C2)n1)[C@@H]1C[C@@H](F)CN1C. The van der Waals surface area contributed by atoms with Crippen LogP contribution >= 0.6 is 11.3 Å². The van der Waals surface area contributed by atoms with Crippen molar-refractivity contribution in [2.75, 3.05) is 50.5 Å². The molecule has 5 aromatic rings. The Bertz CT molecular complexity index is 2400. The zero-order valence-electron chi connectivity index (χ0n) is 36.4. The largest absolute Gasteiger partial charge is 0.459 e. The standard InChI is InChI=1S/C46H56FN9O4SSi/c1-29(35-24-31(47)26-55(35)6)58-43-52-39(40-50-41(59-54-40)45(5)21-13-18-36-37(45)34(25-48)38(49)61-36)51-42(53-43)56-22-23-57-28-46(27-56,30-19-20-30)60-62(44(2,3)4,32-14-9-7-10-15-32)33-16-11-8-12-17-33/h7-12,14-17,29-31,35H,13,18-24,26-28,49H2,1-6H3/t29-,31+,35-,45-,46?/m0/s1. The van der Waals surface area contributed by atoms with E-state index in [0.717, 1.165) is 36.1 Å². The molecule has 326 valence electrons. The highest BCUT2D eigenvalue weighted by atomic mass is 32.1. The number of likely N-dealkylation sites (N-methyl/N-ethyl adjacent to an activating group) is 1. The number of anilines is 2. The van der Waals surface area contributed by atoms with Gasteiger partial charge in [0.25, 0.3) is 8.32 Å². The molecule has 2 saturated heterocycles. The van der Waals surface area contributed by atoms with Gasteiger partial charge in [0.1, 0.15) is 28.9 Å². The van der Waals surface area contributed by atoms with Crippen LogP contribution < -0.4 is 25.7 Å². The van der Waals surface area contributed by atoms with Crippen molar-refractivity contribution in [1.82, 2.24) is 30.0 Å². The molecule has 13 nitrogen and oxygen atoms in total. The van der Waals surface area contributed by atoms with Crippen LogP contribution in [0, 0.1) is 17.2 Å². The van der Waals surface area contributed by atoms with E-state index >= 15 is 0 Å². The van der Waals surface area contributed by atoms with Crippen molar-refractivity contribution in [1.29, 1.82) is 5.26 Å². The Morgan fingerprint density at radius 3 is 2.37 bits per heavy atom. The van der Waals surface area contributed by atoms with E-state index in [1.54, 1.807) is 0 Å². The van der Waals surface area contributed by atoms with E-state index in [2.05, 4.69) is 97.6 Å². The number of fused-ring (bicyclic) bond motifs is 1. The van der Waals surface area contributed by atoms with Crippen LogP contribution in [0.15, 0.2) is 65.2 Å². The molecule has 4 aliphatic rings. The Balaban J connectivity index is 1.13. The Kier molecular flexibility index (Phi) is 11.2. The van der Waals surface area contributed by atoms with Gasteiger partial charge in [-0.25, -0.2) is 4.39 Å². The number of nitrogens with zero attached hydrogens (tertiary/aromatic N) is 8. The summed E-state index contributed by atoms with van der Waals surface area (Å²) >= 11 is 1.45. The molecule has 3 aromatic heterocycles. The van der Waals surface area contributed by atoms with Gasteiger partial charge < -0.3 is 29.1 Å². The number of aromatic nitrogens is 5. The quantitative estimate of drug-likeness (QED) is 0.144. The molecule has 0 spiro atoms. The van der Waals surface area contributed by atoms with Crippen molar-refractivity contribution >= 4 is 41.0 Å². The molecule has 0 bridgehead atoms. The third-order valence-electron chi connectivity index (χ3n) is 13.5. The zero-order chi connectivity index (χ0) is 43.4. The number of hydrogen-bond donors (Lipinski definition) is 1. The van der Waals surface area contributed by atoms with Gasteiger partial charge in [-0.15, -0.1) is 11.3 Å². The Morgan fingerprint density at radius 1 is 1.03 bits per heavy atom. The van der Waals surface area contributed by atoms with Gasteiger partial charge in [0, 0.05) is 29.6 Å². The van der Waals surface area contributed by atoms with Crippen LogP contribution in [-0.2, 0) is 21.0 Å². The van der Waals surface area contributed by atoms with Crippen molar-refractivity contribution < 1.29 is 22.8 Å². The maximum Gasteiger partial charge on any atom is 0.322 e. The predicted molar refractivity (Wildman–Crippen MR) is 239 cm³/mol. The van der Waals surface area contributed by atoms with E-state index in [0.29, 0.717) is 68.1 Å². The lowest BCUT2D eigenvalue weighted by atomic mass is 9.72. The summed E-state index contributed by atoms with van der Waals surface area (Å²) in [5.41, 5.74) is 6.22. The first-order valence-corrected chi connectivity index (χ1v) is 24.5. The van der Waals surface area contributed by atoms with E-state index < -0.39 is 31.6 Å². The van der Waals surface area contributed by atoms with Crippen molar-refractivity contribution in [3.63, 3.8) is 0 Å². The second-order valence-electron chi connectivity index (χ2n) is 18.8. The van der Waals surface area contributed by atoms with Crippen molar-refractivity contribution in [2.24, 2.45) is 5.92 Å². The molecule has 16 heteroatoms. The van der Waals surface area contributed by atoms with Gasteiger partial charge in [0.05, 0.1) is 30.7 Å². The normalized spacial score (nSPS) is 25.2. The van der Waals surface area contributed by atoms with E-state index in [4.69, 9.17) is 44.1 Å². The number of alkyl halides is 1. The molecule has 3 fully saturated rings. The third kappa shape index (κ3) is 7.59. The first kappa shape index (κ1) is 42.5. The molecule has 5 atom stereocenters. The summed E-state index contributed by atoms with van der Waals surface area (Å²) < 4.78 is 41.8. The molecule has 0 radical (unpaired) electrons. The number of ether oxygens (including phenoxy) is 2. The van der Waals surface area contributed by atoms with Crippen molar-refractivity contribution in [3.05, 3.63) is 82.6 Å². The van der Waals surface area contributed by atoms with Crippen LogP contribution in [0.4, 0.5) is 15.3 Å². The van der Waals surface area contributed by atoms with E-state index in [9.17, 15) is 9.65 Å². The summed E-state index contributed by atoms with van der Waals surface area (Å²) in [5.74, 6) is 1.32. The second kappa shape index (κ2) is 16.4. The van der Waals surface area contributed by atoms with Gasteiger partial charge in [0.2, 0.25) is 23.5 Å². The number of likely N-dealkylation sites (tertiary alicyclic amines) is 1. The summed E-state index contributed by atoms with van der Waals surface area (Å²) in [6.07, 6.45) is 3.42. The molecule has 9 rings (SSSR count). The summed E-state index contributed by atoms with van der Waals surface area (Å²) in [6.45, 7) is 13.0. The summed E-state index contributed by atoms with van der Waals surface area (Å²) in [4.78, 5) is 25.0. The lowest BCUT2D eigenvalue weighted by Crippen LogP contribution is -2.71. The minimum Gasteiger partial charge on any atom is -0.459 e. The maximum atomic E-state index is 14.6. The van der Waals surface area contributed by atoms with Crippen LogP contribution in [0.25, 0.3) is 11.6 Å². The van der Waals surface area contributed by atoms with Gasteiger partial charge in [-0.05, 0) is 80.7 Å². The fourth-order valence-electron chi connectivity index (χ4n) is 10.2. The van der Waals surface area contributed by atoms with Crippen LogP contribution in [-0.4, -0.2) is 102 Å². The highest BCUT2D eigenvalue weighted by Crippen LogP contribution is 2.50. The van der Waals surface area contributed by atoms with Crippen LogP contribution in [0.3, 0.4) is 0 Å². The van der Waals surface area contributed by atoms with Gasteiger partial charge in [0.15, 0.2) is 0 Å². The molecule has 5 heterocycles. The molecular formula is C46H56FN9O4SSi. The molecule has 2 N–H and O–H groups in total. The fraction of sp³-hybridized carbons (Fsp3) is 0.522. The molecule has 0 amide bonds. The first-order chi connectivity index (χ1) is 29.7. The van der Waals surface area contributed by atoms with Gasteiger partial charge in [-0.3, -0.25) is 4.90 Å². The molecule has 1 saturated carbocycles. The third-order valence-corrected chi connectivity index (χ3v) is 19.7. The Labute approximate surface area is 368 Å². The lowest BCUT2D eigenvalue weighted by molar-refractivity contribution is -0.0290. The monoisotopic (exact) mass is 877 g/mol. The minimum absolute atomic E-state index is 0.0817. The topological polar surface area (TPSA) is 162 Å². The van der Waals surface area contributed by atoms with Crippen molar-refractivity contribution in [3.8, 4) is 23.7 Å². The van der Waals surface area contributed by atoms with Crippen LogP contribution in [0.2, 0.25) is 5.04 Å². The number of thiophene rings is 1. The van der Waals surface area contributed by atoms with Crippen LogP contribution in [0.1, 0.15) is 88.6 Å². The number of nitriles is 1. The number of aryl methyl sites for hydroxylation is 1. The highest BCUT2D eigenvalue weighted by Gasteiger charge is 2.59. The number of nitrogen functional groups attached to an aromatic ring is 1. The smallest absolute Gasteiger partial charge is 0.322 e. The fourth-order valence-corrected chi connectivity index (χ4v) is 16.3. The van der Waals surface area contributed by atoms with Gasteiger partial charge in [-0.1, -0.05) is 86.6 Å². The maximum absolute atomic E-state index is 14.6. The average molecular weight is 878 g/mol. The number of nitrogens with two attached hydrogens (primary N) is 1. The van der Waals surface area contributed by atoms with Crippen LogP contribution in [0.5, 0.6) is 6.01 Å². The molecule has 2 aliphatic carbocycles.